The Bertz CT molecular complexity index is 1020. The molecule has 3 N–H and O–H groups in total. The first-order valence-electron chi connectivity index (χ1n) is 8.87. The quantitative estimate of drug-likeness (QED) is 0.620. The van der Waals surface area contributed by atoms with Crippen molar-refractivity contribution in [1.29, 1.82) is 0 Å². The molecule has 0 aromatic heterocycles. The van der Waals surface area contributed by atoms with E-state index in [1.165, 1.54) is 0 Å². The summed E-state index contributed by atoms with van der Waals surface area (Å²) in [6.45, 7) is 0.182. The number of anilines is 1. The molecule has 0 spiro atoms. The largest absolute Gasteiger partial charge is 0.377 e. The van der Waals surface area contributed by atoms with Crippen molar-refractivity contribution in [3.63, 3.8) is 0 Å². The second-order valence-electron chi connectivity index (χ2n) is 6.82. The Morgan fingerprint density at radius 1 is 0.929 bits per heavy atom. The van der Waals surface area contributed by atoms with Crippen molar-refractivity contribution < 1.29 is 8.42 Å². The van der Waals surface area contributed by atoms with Crippen LogP contribution in [0.15, 0.2) is 71.6 Å². The molecule has 0 bridgehead atoms. The average Bonchev–Trinajstić information content (AvgIpc) is 2.66. The van der Waals surface area contributed by atoms with Gasteiger partial charge in [-0.05, 0) is 24.1 Å². The van der Waals surface area contributed by atoms with Crippen molar-refractivity contribution >= 4 is 40.0 Å². The molecule has 5 nitrogen and oxygen atoms in total. The van der Waals surface area contributed by atoms with Crippen LogP contribution in [0.3, 0.4) is 0 Å². The predicted octanol–water partition coefficient (Wildman–Crippen LogP) is 2.87. The third-order valence-electron chi connectivity index (χ3n) is 4.51. The van der Waals surface area contributed by atoms with Crippen LogP contribution in [0.2, 0.25) is 0 Å². The first-order chi connectivity index (χ1) is 12.9. The molecule has 0 fully saturated rings. The van der Waals surface area contributed by atoms with Gasteiger partial charge in [-0.3, -0.25) is 0 Å². The van der Waals surface area contributed by atoms with Gasteiger partial charge in [-0.1, -0.05) is 54.6 Å². The smallest absolute Gasteiger partial charge is 0.241 e. The van der Waals surface area contributed by atoms with E-state index in [0.717, 1.165) is 16.6 Å². The van der Waals surface area contributed by atoms with Gasteiger partial charge >= 0.3 is 0 Å². The number of fused-ring (bicyclic) bond motifs is 1. The number of nitrogens with one attached hydrogen (secondary N) is 1. The molecule has 3 aromatic rings. The third-order valence-corrected chi connectivity index (χ3v) is 5.99. The molecule has 0 aliphatic heterocycles. The molecule has 150 valence electrons. The zero-order chi connectivity index (χ0) is 19.4. The van der Waals surface area contributed by atoms with E-state index in [4.69, 9.17) is 5.73 Å². The van der Waals surface area contributed by atoms with E-state index in [0.29, 0.717) is 11.8 Å². The van der Waals surface area contributed by atoms with Gasteiger partial charge in [0.1, 0.15) is 0 Å². The number of nitrogens with two attached hydrogens (primary N) is 1. The summed E-state index contributed by atoms with van der Waals surface area (Å²) in [5.41, 5.74) is 8.20. The molecule has 0 saturated carbocycles. The minimum Gasteiger partial charge on any atom is -0.377 e. The normalized spacial score (nSPS) is 12.4. The lowest BCUT2D eigenvalue weighted by molar-refractivity contribution is 0.567. The second-order valence-corrected chi connectivity index (χ2v) is 8.56. The van der Waals surface area contributed by atoms with Crippen LogP contribution >= 0.6 is 13.5 Å². The molecule has 0 aliphatic carbocycles. The van der Waals surface area contributed by atoms with Crippen LogP contribution in [-0.4, -0.2) is 35.1 Å². The minimum absolute atomic E-state index is 0. The van der Waals surface area contributed by atoms with E-state index >= 15 is 0 Å². The van der Waals surface area contributed by atoms with Crippen molar-refractivity contribution in [2.45, 2.75) is 17.4 Å². The van der Waals surface area contributed by atoms with Crippen molar-refractivity contribution in [2.75, 3.05) is 25.5 Å². The third kappa shape index (κ3) is 5.05. The van der Waals surface area contributed by atoms with Gasteiger partial charge in [0, 0.05) is 43.1 Å². The Kier molecular flexibility index (Phi) is 7.48. The number of benzene rings is 3. The van der Waals surface area contributed by atoms with Crippen molar-refractivity contribution in [3.8, 4) is 0 Å². The monoisotopic (exact) mass is 417 g/mol. The molecular weight excluding hydrogens is 390 g/mol. The van der Waals surface area contributed by atoms with Crippen molar-refractivity contribution in [3.05, 3.63) is 72.3 Å². The SMILES string of the molecule is CN(C)c1cccc2c(S(=O)(=O)NC[C@@H](N)Cc3ccccc3)cccc12.S. The molecule has 0 radical (unpaired) electrons. The Labute approximate surface area is 174 Å². The van der Waals surface area contributed by atoms with Gasteiger partial charge in [-0.2, -0.15) is 13.5 Å². The lowest BCUT2D eigenvalue weighted by atomic mass is 10.1. The van der Waals surface area contributed by atoms with Crippen LogP contribution in [0, 0.1) is 0 Å². The summed E-state index contributed by atoms with van der Waals surface area (Å²) in [6.07, 6.45) is 0.615. The van der Waals surface area contributed by atoms with E-state index in [-0.39, 0.29) is 31.0 Å². The summed E-state index contributed by atoms with van der Waals surface area (Å²) in [5.74, 6) is 0. The predicted molar refractivity (Wildman–Crippen MR) is 122 cm³/mol. The van der Waals surface area contributed by atoms with Crippen molar-refractivity contribution in [1.82, 2.24) is 4.72 Å². The van der Waals surface area contributed by atoms with E-state index < -0.39 is 10.0 Å². The molecule has 0 heterocycles. The van der Waals surface area contributed by atoms with Gasteiger partial charge in [0.05, 0.1) is 4.90 Å². The highest BCUT2D eigenvalue weighted by atomic mass is 32.2. The fourth-order valence-electron chi connectivity index (χ4n) is 3.17. The highest BCUT2D eigenvalue weighted by Crippen LogP contribution is 2.30. The van der Waals surface area contributed by atoms with Crippen molar-refractivity contribution in [2.24, 2.45) is 5.73 Å². The van der Waals surface area contributed by atoms with Gasteiger partial charge in [0.15, 0.2) is 0 Å². The van der Waals surface area contributed by atoms with Crippen LogP contribution in [0.4, 0.5) is 5.69 Å². The molecule has 3 rings (SSSR count). The second kappa shape index (κ2) is 9.43. The van der Waals surface area contributed by atoms with Gasteiger partial charge in [0.25, 0.3) is 0 Å². The summed E-state index contributed by atoms with van der Waals surface area (Å²) in [7, 11) is 0.217. The fourth-order valence-corrected chi connectivity index (χ4v) is 4.49. The number of rotatable bonds is 7. The molecule has 3 aromatic carbocycles. The average molecular weight is 418 g/mol. The summed E-state index contributed by atoms with van der Waals surface area (Å²) in [6, 6.07) is 20.5. The maximum Gasteiger partial charge on any atom is 0.241 e. The summed E-state index contributed by atoms with van der Waals surface area (Å²) in [5, 5.41) is 1.60. The zero-order valence-electron chi connectivity index (χ0n) is 16.1. The Hall–Kier alpha value is -2.06. The highest BCUT2D eigenvalue weighted by Gasteiger charge is 2.19. The molecule has 0 saturated heterocycles. The van der Waals surface area contributed by atoms with Gasteiger partial charge in [0.2, 0.25) is 10.0 Å². The molecular formula is C21H27N3O2S2. The summed E-state index contributed by atoms with van der Waals surface area (Å²) in [4.78, 5) is 2.25. The topological polar surface area (TPSA) is 75.4 Å². The van der Waals surface area contributed by atoms with Crippen LogP contribution in [0.25, 0.3) is 10.8 Å². The zero-order valence-corrected chi connectivity index (χ0v) is 17.9. The molecule has 1 atom stereocenters. The summed E-state index contributed by atoms with van der Waals surface area (Å²) >= 11 is 0. The maximum absolute atomic E-state index is 12.9. The Morgan fingerprint density at radius 2 is 1.57 bits per heavy atom. The number of sulfonamides is 1. The van der Waals surface area contributed by atoms with Gasteiger partial charge in [-0.15, -0.1) is 0 Å². The van der Waals surface area contributed by atoms with Gasteiger partial charge < -0.3 is 10.6 Å². The number of nitrogens with zero attached hydrogens (tertiary/aromatic N) is 1. The minimum atomic E-state index is -3.67. The van der Waals surface area contributed by atoms with Crippen LogP contribution in [0.1, 0.15) is 5.56 Å². The fraction of sp³-hybridized carbons (Fsp3) is 0.238. The molecule has 7 heteroatoms. The van der Waals surface area contributed by atoms with E-state index in [2.05, 4.69) is 4.72 Å². The lowest BCUT2D eigenvalue weighted by Crippen LogP contribution is -2.38. The van der Waals surface area contributed by atoms with Gasteiger partial charge in [-0.25, -0.2) is 13.1 Å². The lowest BCUT2D eigenvalue weighted by Gasteiger charge is -2.18. The first-order valence-corrected chi connectivity index (χ1v) is 10.3. The first kappa shape index (κ1) is 22.2. The molecule has 0 aliphatic rings. The highest BCUT2D eigenvalue weighted by molar-refractivity contribution is 7.89. The van der Waals surface area contributed by atoms with Crippen LogP contribution in [0.5, 0.6) is 0 Å². The number of hydrogen-bond donors (Lipinski definition) is 2. The van der Waals surface area contributed by atoms with E-state index in [1.807, 2.05) is 73.6 Å². The van der Waals surface area contributed by atoms with E-state index in [1.54, 1.807) is 12.1 Å². The van der Waals surface area contributed by atoms with Crippen LogP contribution < -0.4 is 15.4 Å². The number of hydrogen-bond acceptors (Lipinski definition) is 4. The molecule has 0 unspecified atom stereocenters. The van der Waals surface area contributed by atoms with E-state index in [9.17, 15) is 8.42 Å². The molecule has 28 heavy (non-hydrogen) atoms. The molecule has 0 amide bonds. The van der Waals surface area contributed by atoms with Crippen LogP contribution in [-0.2, 0) is 16.4 Å². The Morgan fingerprint density at radius 3 is 2.25 bits per heavy atom. The maximum atomic E-state index is 12.9. The standard InChI is InChI=1S/C21H25N3O2S.H2S/c1-24(2)20-12-6-11-19-18(20)10-7-13-21(19)27(25,26)23-15-17(22)14-16-8-4-3-5-9-16;/h3-13,17,23H,14-15,22H2,1-2H3;1H2/t17-;/m0./s1. The Balaban J connectivity index is 0.00000280. The summed E-state index contributed by atoms with van der Waals surface area (Å²) < 4.78 is 28.5.